The minimum Gasteiger partial charge on any atom is -0.497 e. The molecule has 2 aliphatic heterocycles. The van der Waals surface area contributed by atoms with Crippen LogP contribution >= 0.6 is 24.0 Å². The Hall–Kier alpha value is -2.41. The number of carbonyl (C=O) groups excluding carboxylic acids is 1. The third kappa shape index (κ3) is 5.68. The van der Waals surface area contributed by atoms with Gasteiger partial charge >= 0.3 is 0 Å². The lowest BCUT2D eigenvalue weighted by Gasteiger charge is -2.37. The van der Waals surface area contributed by atoms with E-state index in [1.807, 2.05) is 29.2 Å². The van der Waals surface area contributed by atoms with Crippen LogP contribution in [0.5, 0.6) is 5.75 Å². The van der Waals surface area contributed by atoms with Crippen LogP contribution in [0.1, 0.15) is 18.7 Å². The number of guanidine groups is 1. The highest BCUT2D eigenvalue weighted by atomic mass is 127. The van der Waals surface area contributed by atoms with Crippen molar-refractivity contribution in [2.24, 2.45) is 4.99 Å². The van der Waals surface area contributed by atoms with Crippen molar-refractivity contribution in [3.63, 3.8) is 0 Å². The number of H-pyrrole nitrogens is 1. The number of hydrogen-bond donors (Lipinski definition) is 2. The number of benzene rings is 1. The van der Waals surface area contributed by atoms with Gasteiger partial charge in [-0.05, 0) is 37.1 Å². The van der Waals surface area contributed by atoms with E-state index in [0.717, 1.165) is 49.0 Å². The van der Waals surface area contributed by atoms with Crippen LogP contribution < -0.4 is 10.1 Å². The topological polar surface area (TPSA) is 108 Å². The molecule has 2 N–H and O–H groups in total. The van der Waals surface area contributed by atoms with Gasteiger partial charge in [-0.1, -0.05) is 0 Å². The summed E-state index contributed by atoms with van der Waals surface area (Å²) in [5, 5.41) is 10.6. The molecular weight excluding hydrogens is 525 g/mol. The second-order valence-electron chi connectivity index (χ2n) is 7.55. The van der Waals surface area contributed by atoms with Gasteiger partial charge in [-0.15, -0.1) is 24.0 Å². The van der Waals surface area contributed by atoms with Crippen molar-refractivity contribution in [1.82, 2.24) is 30.3 Å². The molecule has 2 aromatic rings. The van der Waals surface area contributed by atoms with E-state index in [9.17, 15) is 4.79 Å². The second kappa shape index (κ2) is 11.5. The Balaban J connectivity index is 0.00000289. The average Bonchev–Trinajstić information content (AvgIpc) is 3.52. The number of methoxy groups -OCH3 is 1. The van der Waals surface area contributed by atoms with Gasteiger partial charge in [-0.25, -0.2) is 4.98 Å². The first-order valence-electron chi connectivity index (χ1n) is 10.6. The minimum atomic E-state index is -0.254. The Bertz CT molecular complexity index is 904. The van der Waals surface area contributed by atoms with Crippen LogP contribution in [0.4, 0.5) is 0 Å². The molecule has 0 saturated carbocycles. The zero-order valence-corrected chi connectivity index (χ0v) is 20.7. The van der Waals surface area contributed by atoms with E-state index in [4.69, 9.17) is 9.47 Å². The van der Waals surface area contributed by atoms with Crippen LogP contribution in [-0.4, -0.2) is 89.9 Å². The number of nitrogens with zero attached hydrogens (tertiary/aromatic N) is 5. The predicted octanol–water partition coefficient (Wildman–Crippen LogP) is 1.50. The Morgan fingerprint density at radius 2 is 1.97 bits per heavy atom. The smallest absolute Gasteiger partial charge is 0.251 e. The number of piperazine rings is 1. The first-order chi connectivity index (χ1) is 15.2. The fourth-order valence-electron chi connectivity index (χ4n) is 3.85. The van der Waals surface area contributed by atoms with Crippen LogP contribution in [0.2, 0.25) is 0 Å². The lowest BCUT2D eigenvalue weighted by atomic mass is 10.2. The number of aliphatic imine (C=N–C) groups is 1. The highest BCUT2D eigenvalue weighted by Gasteiger charge is 2.30. The van der Waals surface area contributed by atoms with Gasteiger partial charge in [-0.2, -0.15) is 5.10 Å². The highest BCUT2D eigenvalue weighted by molar-refractivity contribution is 14.0. The molecule has 11 heteroatoms. The molecule has 1 unspecified atom stereocenters. The highest BCUT2D eigenvalue weighted by Crippen LogP contribution is 2.19. The Kier molecular flexibility index (Phi) is 8.67. The second-order valence-corrected chi connectivity index (χ2v) is 7.55. The summed E-state index contributed by atoms with van der Waals surface area (Å²) in [5.74, 6) is 3.05. The number of ether oxygens (including phenoxy) is 2. The lowest BCUT2D eigenvalue weighted by Crippen LogP contribution is -2.55. The number of halogens is 1. The maximum Gasteiger partial charge on any atom is 0.251 e. The van der Waals surface area contributed by atoms with Gasteiger partial charge in [0.1, 0.15) is 17.7 Å². The number of nitrogens with one attached hydrogen (secondary N) is 2. The molecule has 1 atom stereocenters. The Morgan fingerprint density at radius 1 is 1.25 bits per heavy atom. The molecule has 0 spiro atoms. The molecule has 0 radical (unpaired) electrons. The molecule has 2 fully saturated rings. The van der Waals surface area contributed by atoms with E-state index in [1.165, 1.54) is 0 Å². The number of amides is 1. The fraction of sp³-hybridized carbons (Fsp3) is 0.524. The number of aromatic amines is 1. The van der Waals surface area contributed by atoms with E-state index in [1.54, 1.807) is 14.2 Å². The van der Waals surface area contributed by atoms with Gasteiger partial charge in [0.05, 0.1) is 13.7 Å². The molecule has 3 heterocycles. The lowest BCUT2D eigenvalue weighted by molar-refractivity contribution is -0.142. The molecular formula is C21H30IN7O3. The van der Waals surface area contributed by atoms with Gasteiger partial charge in [0, 0.05) is 45.4 Å². The summed E-state index contributed by atoms with van der Waals surface area (Å²) in [6.45, 7) is 3.96. The van der Waals surface area contributed by atoms with Crippen LogP contribution in [0.15, 0.2) is 29.3 Å². The molecule has 1 aromatic heterocycles. The summed E-state index contributed by atoms with van der Waals surface area (Å²) >= 11 is 0. The first-order valence-corrected chi connectivity index (χ1v) is 10.6. The summed E-state index contributed by atoms with van der Waals surface area (Å²) in [7, 11) is 3.40. The van der Waals surface area contributed by atoms with Crippen molar-refractivity contribution >= 4 is 35.8 Å². The molecule has 4 rings (SSSR count). The van der Waals surface area contributed by atoms with E-state index in [2.05, 4.69) is 30.4 Å². The largest absolute Gasteiger partial charge is 0.497 e. The molecule has 1 amide bonds. The standard InChI is InChI=1S/C21H29N7O3.HI/c1-22-21(28-11-9-27(10-12-28)20(29)17-4-3-13-31-17)23-14-18-24-19(26-25-18)15-5-7-16(30-2)8-6-15;/h5-8,17H,3-4,9-14H2,1-2H3,(H,22,23)(H,24,25,26);1H. The molecule has 1 aromatic carbocycles. The number of carbonyl (C=O) groups is 1. The average molecular weight is 555 g/mol. The van der Waals surface area contributed by atoms with Crippen molar-refractivity contribution in [2.45, 2.75) is 25.5 Å². The van der Waals surface area contributed by atoms with Crippen molar-refractivity contribution in [2.75, 3.05) is 46.9 Å². The summed E-state index contributed by atoms with van der Waals surface area (Å²) in [6.07, 6.45) is 1.54. The molecule has 0 aliphatic carbocycles. The van der Waals surface area contributed by atoms with Crippen LogP contribution in [0, 0.1) is 0 Å². The quantitative estimate of drug-likeness (QED) is 0.327. The van der Waals surface area contributed by atoms with Gasteiger partial charge in [0.2, 0.25) is 0 Å². The Labute approximate surface area is 204 Å². The van der Waals surface area contributed by atoms with E-state index < -0.39 is 0 Å². The predicted molar refractivity (Wildman–Crippen MR) is 131 cm³/mol. The molecule has 174 valence electrons. The number of hydrogen-bond acceptors (Lipinski definition) is 6. The summed E-state index contributed by atoms with van der Waals surface area (Å²) in [4.78, 5) is 25.5. The van der Waals surface area contributed by atoms with Crippen molar-refractivity contribution < 1.29 is 14.3 Å². The molecule has 2 aliphatic rings. The zero-order chi connectivity index (χ0) is 21.6. The van der Waals surface area contributed by atoms with Crippen LogP contribution in [0.3, 0.4) is 0 Å². The van der Waals surface area contributed by atoms with E-state index >= 15 is 0 Å². The molecule has 2 saturated heterocycles. The third-order valence-electron chi connectivity index (χ3n) is 5.60. The van der Waals surface area contributed by atoms with Crippen molar-refractivity contribution in [1.29, 1.82) is 0 Å². The third-order valence-corrected chi connectivity index (χ3v) is 5.60. The van der Waals surface area contributed by atoms with E-state index in [-0.39, 0.29) is 36.0 Å². The molecule has 10 nitrogen and oxygen atoms in total. The maximum absolute atomic E-state index is 12.5. The normalized spacial score (nSPS) is 18.9. The zero-order valence-electron chi connectivity index (χ0n) is 18.4. The monoisotopic (exact) mass is 555 g/mol. The fourth-order valence-corrected chi connectivity index (χ4v) is 3.85. The van der Waals surface area contributed by atoms with Gasteiger partial charge in [0.25, 0.3) is 5.91 Å². The Morgan fingerprint density at radius 3 is 2.59 bits per heavy atom. The van der Waals surface area contributed by atoms with Gasteiger partial charge in [-0.3, -0.25) is 14.9 Å². The van der Waals surface area contributed by atoms with Crippen LogP contribution in [-0.2, 0) is 16.1 Å². The SMILES string of the molecule is CN=C(NCc1nc(-c2ccc(OC)cc2)n[nH]1)N1CCN(C(=O)C2CCCO2)CC1.I. The van der Waals surface area contributed by atoms with E-state index in [0.29, 0.717) is 32.1 Å². The minimum absolute atomic E-state index is 0. The maximum atomic E-state index is 12.5. The molecule has 0 bridgehead atoms. The summed E-state index contributed by atoms with van der Waals surface area (Å²) in [6, 6.07) is 7.62. The first kappa shape index (κ1) is 24.2. The van der Waals surface area contributed by atoms with Crippen molar-refractivity contribution in [3.05, 3.63) is 30.1 Å². The summed E-state index contributed by atoms with van der Waals surface area (Å²) < 4.78 is 10.7. The summed E-state index contributed by atoms with van der Waals surface area (Å²) in [5.41, 5.74) is 0.916. The molecule has 32 heavy (non-hydrogen) atoms. The van der Waals surface area contributed by atoms with Gasteiger partial charge in [0.15, 0.2) is 11.8 Å². The van der Waals surface area contributed by atoms with Crippen molar-refractivity contribution in [3.8, 4) is 17.1 Å². The van der Waals surface area contributed by atoms with Crippen LogP contribution in [0.25, 0.3) is 11.4 Å². The number of aromatic nitrogens is 3. The van der Waals surface area contributed by atoms with Gasteiger partial charge < -0.3 is 24.6 Å². The number of rotatable bonds is 5.